The van der Waals surface area contributed by atoms with E-state index in [0.29, 0.717) is 30.9 Å². The van der Waals surface area contributed by atoms with Crippen molar-refractivity contribution >= 4 is 11.8 Å². The Morgan fingerprint density at radius 1 is 0.875 bits per heavy atom. The summed E-state index contributed by atoms with van der Waals surface area (Å²) in [5.74, 6) is 0.937. The normalized spacial score (nSPS) is 19.1. The highest BCUT2D eigenvalue weighted by molar-refractivity contribution is 5.95. The van der Waals surface area contributed by atoms with Crippen molar-refractivity contribution < 1.29 is 19.1 Å². The number of nitrogens with one attached hydrogen (secondary N) is 1. The van der Waals surface area contributed by atoms with Gasteiger partial charge in [-0.15, -0.1) is 0 Å². The number of rotatable bonds is 5. The maximum atomic E-state index is 13.2. The van der Waals surface area contributed by atoms with E-state index in [4.69, 9.17) is 9.47 Å². The summed E-state index contributed by atoms with van der Waals surface area (Å²) in [7, 11) is 0. The van der Waals surface area contributed by atoms with E-state index < -0.39 is 0 Å². The third-order valence-corrected chi connectivity index (χ3v) is 6.10. The smallest absolute Gasteiger partial charge is 0.253 e. The lowest BCUT2D eigenvalue weighted by Gasteiger charge is -2.18. The van der Waals surface area contributed by atoms with Crippen LogP contribution in [0.1, 0.15) is 27.4 Å². The zero-order valence-electron chi connectivity index (χ0n) is 17.6. The molecule has 0 aliphatic carbocycles. The van der Waals surface area contributed by atoms with Gasteiger partial charge in [-0.3, -0.25) is 9.59 Å². The molecule has 1 saturated heterocycles. The average Bonchev–Trinajstić information content (AvgIpc) is 3.50. The fourth-order valence-electron chi connectivity index (χ4n) is 4.41. The molecule has 2 aliphatic rings. The third kappa shape index (κ3) is 4.04. The molecule has 3 aromatic rings. The summed E-state index contributed by atoms with van der Waals surface area (Å²) in [6.45, 7) is 1.51. The lowest BCUT2D eigenvalue weighted by Crippen LogP contribution is -2.35. The van der Waals surface area contributed by atoms with E-state index in [1.807, 2.05) is 78.9 Å². The van der Waals surface area contributed by atoms with E-state index in [1.165, 1.54) is 0 Å². The predicted octanol–water partition coefficient (Wildman–Crippen LogP) is 3.59. The molecule has 6 nitrogen and oxygen atoms in total. The van der Waals surface area contributed by atoms with Crippen molar-refractivity contribution in [3.8, 4) is 11.5 Å². The number of amides is 2. The molecule has 0 bridgehead atoms. The quantitative estimate of drug-likeness (QED) is 0.675. The molecule has 2 heterocycles. The highest BCUT2D eigenvalue weighted by Gasteiger charge is 2.40. The number of nitrogens with zero attached hydrogens (tertiary/aromatic N) is 1. The molecule has 0 unspecified atom stereocenters. The number of likely N-dealkylation sites (tertiary alicyclic amines) is 1. The fourth-order valence-corrected chi connectivity index (χ4v) is 4.41. The Kier molecular flexibility index (Phi) is 5.50. The van der Waals surface area contributed by atoms with Gasteiger partial charge in [-0.05, 0) is 35.4 Å². The lowest BCUT2D eigenvalue weighted by molar-refractivity contribution is -0.125. The summed E-state index contributed by atoms with van der Waals surface area (Å²) in [4.78, 5) is 28.1. The minimum Gasteiger partial charge on any atom is -0.454 e. The molecule has 1 fully saturated rings. The standard InChI is InChI=1S/C26H24N2O4/c29-25(27-14-18-11-12-23-24(13-18)32-17-31-23)22-16-28(26(30)20-9-5-2-6-10-20)15-21(22)19-7-3-1-4-8-19/h1-13,21-22H,14-17H2,(H,27,29)/t21-,22+/m1/s1. The van der Waals surface area contributed by atoms with Crippen molar-refractivity contribution in [2.75, 3.05) is 19.9 Å². The minimum atomic E-state index is -0.320. The average molecular weight is 428 g/mol. The molecule has 32 heavy (non-hydrogen) atoms. The highest BCUT2D eigenvalue weighted by atomic mass is 16.7. The molecular weight excluding hydrogens is 404 g/mol. The Morgan fingerprint density at radius 3 is 2.38 bits per heavy atom. The van der Waals surface area contributed by atoms with E-state index in [0.717, 1.165) is 16.9 Å². The summed E-state index contributed by atoms with van der Waals surface area (Å²) in [5.41, 5.74) is 2.65. The Balaban J connectivity index is 1.32. The summed E-state index contributed by atoms with van der Waals surface area (Å²) in [6, 6.07) is 24.8. The molecule has 0 spiro atoms. The molecule has 6 heteroatoms. The zero-order chi connectivity index (χ0) is 21.9. The molecule has 1 N–H and O–H groups in total. The van der Waals surface area contributed by atoms with Gasteiger partial charge in [0.25, 0.3) is 5.91 Å². The van der Waals surface area contributed by atoms with Gasteiger partial charge in [0.05, 0.1) is 5.92 Å². The molecule has 2 aliphatic heterocycles. The van der Waals surface area contributed by atoms with Crippen LogP contribution in [0.3, 0.4) is 0 Å². The largest absolute Gasteiger partial charge is 0.454 e. The first-order chi connectivity index (χ1) is 15.7. The van der Waals surface area contributed by atoms with Crippen LogP contribution in [0, 0.1) is 5.92 Å². The van der Waals surface area contributed by atoms with E-state index in [9.17, 15) is 9.59 Å². The van der Waals surface area contributed by atoms with Crippen LogP contribution in [0.5, 0.6) is 11.5 Å². The van der Waals surface area contributed by atoms with Gasteiger partial charge in [-0.2, -0.15) is 0 Å². The molecule has 2 amide bonds. The van der Waals surface area contributed by atoms with Gasteiger partial charge in [0.2, 0.25) is 12.7 Å². The number of benzene rings is 3. The van der Waals surface area contributed by atoms with Crippen LogP contribution < -0.4 is 14.8 Å². The van der Waals surface area contributed by atoms with Gasteiger partial charge in [-0.25, -0.2) is 0 Å². The van der Waals surface area contributed by atoms with E-state index in [2.05, 4.69) is 5.32 Å². The molecule has 0 radical (unpaired) electrons. The SMILES string of the molecule is O=C(NCc1ccc2c(c1)OCO2)[C@H]1CN(C(=O)c2ccccc2)C[C@@H]1c1ccccc1. The first kappa shape index (κ1) is 20.1. The van der Waals surface area contributed by atoms with Gasteiger partial charge < -0.3 is 19.7 Å². The van der Waals surface area contributed by atoms with Crippen molar-refractivity contribution in [2.45, 2.75) is 12.5 Å². The second-order valence-electron chi connectivity index (χ2n) is 8.11. The number of carbonyl (C=O) groups excluding carboxylic acids is 2. The van der Waals surface area contributed by atoms with Crippen LogP contribution in [0.15, 0.2) is 78.9 Å². The Morgan fingerprint density at radius 2 is 1.59 bits per heavy atom. The number of hydrogen-bond donors (Lipinski definition) is 1. The molecular formula is C26H24N2O4. The second-order valence-corrected chi connectivity index (χ2v) is 8.11. The van der Waals surface area contributed by atoms with E-state index in [-0.39, 0.29) is 30.4 Å². The van der Waals surface area contributed by atoms with Crippen molar-refractivity contribution in [1.82, 2.24) is 10.2 Å². The minimum absolute atomic E-state index is 0.0439. The molecule has 162 valence electrons. The summed E-state index contributed by atoms with van der Waals surface area (Å²) >= 11 is 0. The van der Waals surface area contributed by atoms with Crippen molar-refractivity contribution in [1.29, 1.82) is 0 Å². The van der Waals surface area contributed by atoms with Crippen molar-refractivity contribution in [3.05, 3.63) is 95.6 Å². The molecule has 5 rings (SSSR count). The van der Waals surface area contributed by atoms with E-state index >= 15 is 0 Å². The van der Waals surface area contributed by atoms with Crippen molar-refractivity contribution in [2.24, 2.45) is 5.92 Å². The first-order valence-corrected chi connectivity index (χ1v) is 10.7. The lowest BCUT2D eigenvalue weighted by atomic mass is 9.88. The number of carbonyl (C=O) groups is 2. The molecule has 3 aromatic carbocycles. The zero-order valence-corrected chi connectivity index (χ0v) is 17.6. The summed E-state index contributed by atoms with van der Waals surface area (Å²) < 4.78 is 10.8. The number of hydrogen-bond acceptors (Lipinski definition) is 4. The predicted molar refractivity (Wildman–Crippen MR) is 119 cm³/mol. The van der Waals surface area contributed by atoms with E-state index in [1.54, 1.807) is 4.90 Å². The van der Waals surface area contributed by atoms with Gasteiger partial charge in [0.15, 0.2) is 11.5 Å². The Bertz CT molecular complexity index is 1120. The van der Waals surface area contributed by atoms with Gasteiger partial charge >= 0.3 is 0 Å². The number of ether oxygens (including phenoxy) is 2. The van der Waals surface area contributed by atoms with Crippen LogP contribution in [0.2, 0.25) is 0 Å². The Labute approximate surface area is 186 Å². The third-order valence-electron chi connectivity index (χ3n) is 6.10. The highest BCUT2D eigenvalue weighted by Crippen LogP contribution is 2.35. The molecule has 2 atom stereocenters. The molecule has 0 saturated carbocycles. The van der Waals surface area contributed by atoms with Gasteiger partial charge in [0, 0.05) is 31.1 Å². The van der Waals surface area contributed by atoms with Crippen LogP contribution in [0.4, 0.5) is 0 Å². The van der Waals surface area contributed by atoms with Crippen molar-refractivity contribution in [3.63, 3.8) is 0 Å². The maximum Gasteiger partial charge on any atom is 0.253 e. The fraction of sp³-hybridized carbons (Fsp3) is 0.231. The van der Waals surface area contributed by atoms with Crippen LogP contribution in [-0.2, 0) is 11.3 Å². The van der Waals surface area contributed by atoms with Crippen LogP contribution >= 0.6 is 0 Å². The van der Waals surface area contributed by atoms with Gasteiger partial charge in [-0.1, -0.05) is 54.6 Å². The monoisotopic (exact) mass is 428 g/mol. The number of fused-ring (bicyclic) bond motifs is 1. The maximum absolute atomic E-state index is 13.2. The van der Waals surface area contributed by atoms with Crippen LogP contribution in [0.25, 0.3) is 0 Å². The second kappa shape index (κ2) is 8.75. The van der Waals surface area contributed by atoms with Gasteiger partial charge in [0.1, 0.15) is 0 Å². The Hall–Kier alpha value is -3.80. The first-order valence-electron chi connectivity index (χ1n) is 10.7. The van der Waals surface area contributed by atoms with Crippen LogP contribution in [-0.4, -0.2) is 36.6 Å². The summed E-state index contributed by atoms with van der Waals surface area (Å²) in [6.07, 6.45) is 0. The molecule has 0 aromatic heterocycles. The summed E-state index contributed by atoms with van der Waals surface area (Å²) in [5, 5.41) is 3.06. The topological polar surface area (TPSA) is 67.9 Å².